The zero-order valence-corrected chi connectivity index (χ0v) is 17.3. The van der Waals surface area contributed by atoms with Gasteiger partial charge in [0, 0.05) is 0 Å². The first-order valence-electron chi connectivity index (χ1n) is 6.22. The molecule has 0 atom stereocenters. The molecule has 0 aromatic rings. The van der Waals surface area contributed by atoms with E-state index >= 15 is 0 Å². The standard InChI is InChI=1S/2C8H11.2ClH.Hf/c2*1-3-8-6-4-5-7(8)2;;;/h2*6H,3-4H2,1-2H3;2*1H;/q2*-1;;;+4/p-2. The minimum absolute atomic E-state index is 0. The number of allylic oxidation sites excluding steroid dienone is 8. The van der Waals surface area contributed by atoms with Gasteiger partial charge in [-0.1, -0.05) is 40.5 Å². The van der Waals surface area contributed by atoms with Crippen molar-refractivity contribution in [2.45, 2.75) is 53.4 Å². The summed E-state index contributed by atoms with van der Waals surface area (Å²) in [5.74, 6) is 0. The Morgan fingerprint density at radius 1 is 0.842 bits per heavy atom. The fourth-order valence-corrected chi connectivity index (χ4v) is 2.01. The molecule has 0 aromatic carbocycles. The van der Waals surface area contributed by atoms with Gasteiger partial charge in [-0.15, -0.1) is 12.8 Å². The topological polar surface area (TPSA) is 0 Å². The zero-order valence-electron chi connectivity index (χ0n) is 12.2. The largest absolute Gasteiger partial charge is 4.00 e. The maximum Gasteiger partial charge on any atom is 4.00 e. The smallest absolute Gasteiger partial charge is 1.00 e. The molecule has 0 aliphatic heterocycles. The fraction of sp³-hybridized carbons (Fsp3) is 0.500. The van der Waals surface area contributed by atoms with Crippen molar-refractivity contribution in [3.8, 4) is 0 Å². The summed E-state index contributed by atoms with van der Waals surface area (Å²) in [5, 5.41) is 0. The molecule has 0 nitrogen and oxygen atoms in total. The van der Waals surface area contributed by atoms with Crippen LogP contribution in [0.1, 0.15) is 53.4 Å². The Balaban J connectivity index is -0.000000233. The van der Waals surface area contributed by atoms with Crippen molar-refractivity contribution < 1.29 is 50.7 Å². The van der Waals surface area contributed by atoms with Gasteiger partial charge in [-0.25, -0.2) is 11.1 Å². The van der Waals surface area contributed by atoms with Crippen LogP contribution in [0.5, 0.6) is 0 Å². The quantitative estimate of drug-likeness (QED) is 0.363. The van der Waals surface area contributed by atoms with Gasteiger partial charge in [0.05, 0.1) is 0 Å². The molecule has 104 valence electrons. The minimum atomic E-state index is 0. The molecule has 19 heavy (non-hydrogen) atoms. The van der Waals surface area contributed by atoms with Crippen LogP contribution in [0, 0.1) is 12.2 Å². The second-order valence-electron chi connectivity index (χ2n) is 4.18. The van der Waals surface area contributed by atoms with Gasteiger partial charge < -0.3 is 24.8 Å². The molecule has 2 aliphatic carbocycles. The molecule has 0 saturated carbocycles. The Hall–Kier alpha value is 0.410. The Morgan fingerprint density at radius 2 is 1.16 bits per heavy atom. The average molecular weight is 464 g/mol. The van der Waals surface area contributed by atoms with Crippen molar-refractivity contribution in [3.63, 3.8) is 0 Å². The van der Waals surface area contributed by atoms with Crippen LogP contribution >= 0.6 is 0 Å². The Labute approximate surface area is 150 Å². The molecule has 2 rings (SSSR count). The molecule has 0 spiro atoms. The summed E-state index contributed by atoms with van der Waals surface area (Å²) in [4.78, 5) is 0. The van der Waals surface area contributed by atoms with E-state index < -0.39 is 0 Å². The van der Waals surface area contributed by atoms with Crippen LogP contribution in [-0.2, 0) is 25.8 Å². The van der Waals surface area contributed by atoms with E-state index in [1.54, 1.807) is 0 Å². The summed E-state index contributed by atoms with van der Waals surface area (Å²) in [6.07, 6.45) is 15.4. The molecular formula is C16H22Cl2Hf. The first-order valence-corrected chi connectivity index (χ1v) is 6.22. The Bertz CT molecular complexity index is 327. The van der Waals surface area contributed by atoms with Crippen LogP contribution in [-0.4, -0.2) is 0 Å². The van der Waals surface area contributed by atoms with E-state index in [0.29, 0.717) is 0 Å². The van der Waals surface area contributed by atoms with Crippen molar-refractivity contribution in [1.82, 2.24) is 0 Å². The van der Waals surface area contributed by atoms with Gasteiger partial charge in [0.1, 0.15) is 0 Å². The molecule has 0 aromatic heterocycles. The molecule has 0 fully saturated rings. The third kappa shape index (κ3) is 8.32. The molecule has 3 heteroatoms. The predicted molar refractivity (Wildman–Crippen MR) is 70.8 cm³/mol. The summed E-state index contributed by atoms with van der Waals surface area (Å²) in [7, 11) is 0. The van der Waals surface area contributed by atoms with Crippen molar-refractivity contribution in [2.24, 2.45) is 0 Å². The van der Waals surface area contributed by atoms with Gasteiger partial charge in [-0.05, 0) is 0 Å². The molecule has 0 bridgehead atoms. The van der Waals surface area contributed by atoms with E-state index in [4.69, 9.17) is 0 Å². The SMILES string of the molecule is CCC1=CC[C-]=C1C.CCC1=CC[C-]=C1C.[Cl-].[Cl-].[Hf+4]. The summed E-state index contributed by atoms with van der Waals surface area (Å²) in [6.45, 7) is 8.62. The van der Waals surface area contributed by atoms with Gasteiger partial charge in [0.2, 0.25) is 0 Å². The third-order valence-corrected chi connectivity index (χ3v) is 3.16. The van der Waals surface area contributed by atoms with E-state index in [2.05, 4.69) is 52.0 Å². The maximum absolute atomic E-state index is 3.24. The number of rotatable bonds is 2. The number of halogens is 2. The van der Waals surface area contributed by atoms with E-state index in [1.165, 1.54) is 35.1 Å². The average Bonchev–Trinajstić information content (AvgIpc) is 2.87. The monoisotopic (exact) mass is 464 g/mol. The number of hydrogen-bond acceptors (Lipinski definition) is 0. The molecule has 0 unspecified atom stereocenters. The summed E-state index contributed by atoms with van der Waals surface area (Å²) >= 11 is 0. The van der Waals surface area contributed by atoms with Crippen LogP contribution < -0.4 is 24.8 Å². The van der Waals surface area contributed by atoms with Gasteiger partial charge in [-0.2, -0.15) is 23.3 Å². The van der Waals surface area contributed by atoms with Crippen molar-refractivity contribution in [3.05, 3.63) is 46.6 Å². The van der Waals surface area contributed by atoms with Crippen LogP contribution in [0.3, 0.4) is 0 Å². The van der Waals surface area contributed by atoms with E-state index in [-0.39, 0.29) is 50.7 Å². The first-order chi connectivity index (χ1) is 7.69. The van der Waals surface area contributed by atoms with Gasteiger partial charge in [-0.3, -0.25) is 12.2 Å². The van der Waals surface area contributed by atoms with Crippen LogP contribution in [0.2, 0.25) is 0 Å². The molecule has 2 aliphatic rings. The zero-order chi connectivity index (χ0) is 12.0. The Kier molecular flexibility index (Phi) is 17.2. The van der Waals surface area contributed by atoms with Gasteiger partial charge in [0.25, 0.3) is 0 Å². The number of hydrogen-bond donors (Lipinski definition) is 0. The van der Waals surface area contributed by atoms with Crippen LogP contribution in [0.25, 0.3) is 0 Å². The van der Waals surface area contributed by atoms with Crippen LogP contribution in [0.15, 0.2) is 34.4 Å². The third-order valence-electron chi connectivity index (χ3n) is 3.16. The second-order valence-corrected chi connectivity index (χ2v) is 4.18. The van der Waals surface area contributed by atoms with Gasteiger partial charge >= 0.3 is 25.8 Å². The van der Waals surface area contributed by atoms with Crippen molar-refractivity contribution in [2.75, 3.05) is 0 Å². The molecule has 0 radical (unpaired) electrons. The summed E-state index contributed by atoms with van der Waals surface area (Å²) in [6, 6.07) is 0. The van der Waals surface area contributed by atoms with Crippen molar-refractivity contribution in [1.29, 1.82) is 0 Å². The maximum atomic E-state index is 3.24. The first kappa shape index (κ1) is 24.4. The molecule has 0 saturated heterocycles. The Morgan fingerprint density at radius 3 is 1.26 bits per heavy atom. The molecular weight excluding hydrogens is 442 g/mol. The van der Waals surface area contributed by atoms with Crippen LogP contribution in [0.4, 0.5) is 0 Å². The summed E-state index contributed by atoms with van der Waals surface area (Å²) < 4.78 is 0. The predicted octanol–water partition coefficient (Wildman–Crippen LogP) is -1.04. The van der Waals surface area contributed by atoms with Crippen molar-refractivity contribution >= 4 is 0 Å². The minimum Gasteiger partial charge on any atom is -1.00 e. The summed E-state index contributed by atoms with van der Waals surface area (Å²) in [5.41, 5.74) is 5.66. The van der Waals surface area contributed by atoms with Gasteiger partial charge in [0.15, 0.2) is 0 Å². The molecule has 0 amide bonds. The van der Waals surface area contributed by atoms with E-state index in [9.17, 15) is 0 Å². The molecule has 0 N–H and O–H groups in total. The fourth-order valence-electron chi connectivity index (χ4n) is 2.01. The van der Waals surface area contributed by atoms with E-state index in [0.717, 1.165) is 12.8 Å². The molecule has 0 heterocycles. The second kappa shape index (κ2) is 13.4. The normalized spacial score (nSPS) is 15.4. The van der Waals surface area contributed by atoms with E-state index in [1.807, 2.05) is 0 Å².